The molecule has 17 heavy (non-hydrogen) atoms. The maximum Gasteiger partial charge on any atom is 0.415 e. The third kappa shape index (κ3) is 3.94. The zero-order chi connectivity index (χ0) is 12.8. The van der Waals surface area contributed by atoms with Gasteiger partial charge in [-0.05, 0) is 0 Å². The summed E-state index contributed by atoms with van der Waals surface area (Å²) in [6.07, 6.45) is -0.865. The van der Waals surface area contributed by atoms with Gasteiger partial charge in [0.05, 0.1) is 12.5 Å². The van der Waals surface area contributed by atoms with Crippen molar-refractivity contribution in [2.75, 3.05) is 6.54 Å². The number of alkyl carbamates (subject to hydrolysis) is 1. The molecule has 2 N–H and O–H groups in total. The van der Waals surface area contributed by atoms with Crippen LogP contribution in [0.3, 0.4) is 0 Å². The molecule has 0 radical (unpaired) electrons. The third-order valence-electron chi connectivity index (χ3n) is 1.50. The van der Waals surface area contributed by atoms with Crippen LogP contribution in [0.2, 0.25) is 10.3 Å². The number of rotatable bonds is 3. The Morgan fingerprint density at radius 1 is 1.53 bits per heavy atom. The zero-order valence-electron chi connectivity index (χ0n) is 8.29. The van der Waals surface area contributed by atoms with Crippen molar-refractivity contribution in [3.63, 3.8) is 0 Å². The smallest absolute Gasteiger partial charge is 0.370 e. The number of ether oxygens (including phenoxy) is 1. The number of hydrogen-bond acceptors (Lipinski definition) is 5. The summed E-state index contributed by atoms with van der Waals surface area (Å²) in [7, 11) is 0. The van der Waals surface area contributed by atoms with Gasteiger partial charge in [-0.2, -0.15) is 5.26 Å². The highest BCUT2D eigenvalue weighted by molar-refractivity contribution is 6.40. The second-order valence-corrected chi connectivity index (χ2v) is 3.44. The lowest BCUT2D eigenvalue weighted by Crippen LogP contribution is -2.27. The van der Waals surface area contributed by atoms with E-state index in [0.29, 0.717) is 0 Å². The van der Waals surface area contributed by atoms with Crippen molar-refractivity contribution in [2.24, 2.45) is 0 Å². The molecule has 0 unspecified atom stereocenters. The maximum atomic E-state index is 11.3. The molecule has 0 aliphatic carbocycles. The predicted molar refractivity (Wildman–Crippen MR) is 57.7 cm³/mol. The Labute approximate surface area is 106 Å². The fraction of sp³-hybridized carbons (Fsp3) is 0.250. The Morgan fingerprint density at radius 3 is 2.76 bits per heavy atom. The number of aromatic nitrogens is 2. The molecule has 90 valence electrons. The maximum absolute atomic E-state index is 11.3. The number of nitrogens with zero attached hydrogens (tertiary/aromatic N) is 2. The summed E-state index contributed by atoms with van der Waals surface area (Å²) in [5.74, 6) is -1.30. The van der Waals surface area contributed by atoms with Crippen molar-refractivity contribution in [2.45, 2.75) is 6.42 Å². The fourth-order valence-corrected chi connectivity index (χ4v) is 1.08. The number of hydrogen-bond donors (Lipinski definition) is 2. The minimum atomic E-state index is -1.02. The van der Waals surface area contributed by atoms with Gasteiger partial charge in [0.2, 0.25) is 5.82 Å². The lowest BCUT2D eigenvalue weighted by atomic mass is 10.5. The van der Waals surface area contributed by atoms with Crippen molar-refractivity contribution in [3.05, 3.63) is 16.1 Å². The molecule has 1 heterocycles. The minimum absolute atomic E-state index is 0.0245. The van der Waals surface area contributed by atoms with Crippen molar-refractivity contribution in [3.8, 4) is 6.07 Å². The molecule has 0 fully saturated rings. The highest BCUT2D eigenvalue weighted by Crippen LogP contribution is 2.17. The van der Waals surface area contributed by atoms with Gasteiger partial charge in [0, 0.05) is 6.54 Å². The van der Waals surface area contributed by atoms with Gasteiger partial charge in [0.1, 0.15) is 5.15 Å². The van der Waals surface area contributed by atoms with Gasteiger partial charge in [0.25, 0.3) is 0 Å². The zero-order valence-corrected chi connectivity index (χ0v) is 9.80. The number of nitrogens with one attached hydrogen (secondary N) is 2. The average Bonchev–Trinajstić information content (AvgIpc) is 2.60. The van der Waals surface area contributed by atoms with Crippen molar-refractivity contribution >= 4 is 35.3 Å². The van der Waals surface area contributed by atoms with Crippen LogP contribution < -0.4 is 5.32 Å². The average molecular weight is 277 g/mol. The number of H-pyrrole nitrogens is 1. The van der Waals surface area contributed by atoms with Crippen LogP contribution in [0.1, 0.15) is 17.0 Å². The molecule has 1 rings (SSSR count). The number of carbonyl (C=O) groups excluding carboxylic acids is 2. The number of halogens is 2. The second-order valence-electron chi connectivity index (χ2n) is 2.70. The van der Waals surface area contributed by atoms with E-state index < -0.39 is 12.1 Å². The minimum Gasteiger partial charge on any atom is -0.370 e. The summed E-state index contributed by atoms with van der Waals surface area (Å²) in [5, 5.41) is 10.3. The summed E-state index contributed by atoms with van der Waals surface area (Å²) in [6, 6.07) is 1.81. The predicted octanol–water partition coefficient (Wildman–Crippen LogP) is 1.50. The Morgan fingerprint density at radius 2 is 2.24 bits per heavy atom. The molecule has 9 heteroatoms. The Balaban J connectivity index is 2.49. The number of imidazole rings is 1. The number of aromatic amines is 1. The van der Waals surface area contributed by atoms with Crippen LogP contribution >= 0.6 is 23.2 Å². The van der Waals surface area contributed by atoms with Crippen molar-refractivity contribution < 1.29 is 14.3 Å². The van der Waals surface area contributed by atoms with Crippen LogP contribution in [0.4, 0.5) is 4.79 Å². The van der Waals surface area contributed by atoms with Crippen LogP contribution in [-0.4, -0.2) is 28.6 Å². The number of esters is 1. The SMILES string of the molecule is N#CCCNC(=O)OC(=O)c1nc(Cl)c(Cl)[nH]1. The van der Waals surface area contributed by atoms with E-state index in [1.165, 1.54) is 0 Å². The number of amides is 1. The van der Waals surface area contributed by atoms with E-state index in [9.17, 15) is 9.59 Å². The second kappa shape index (κ2) is 6.08. The van der Waals surface area contributed by atoms with Gasteiger partial charge in [0.15, 0.2) is 5.15 Å². The molecule has 0 atom stereocenters. The van der Waals surface area contributed by atoms with Gasteiger partial charge in [-0.1, -0.05) is 23.2 Å². The topological polar surface area (TPSA) is 108 Å². The van der Waals surface area contributed by atoms with Crippen LogP contribution in [-0.2, 0) is 4.74 Å². The van der Waals surface area contributed by atoms with Gasteiger partial charge in [-0.3, -0.25) is 0 Å². The van der Waals surface area contributed by atoms with Crippen LogP contribution in [0.5, 0.6) is 0 Å². The molecule has 1 aromatic rings. The standard InChI is InChI=1S/C8H6Cl2N4O3/c9-4-5(10)14-6(13-4)7(15)17-8(16)12-3-1-2-11/h1,3H2,(H,12,16)(H,13,14). The van der Waals surface area contributed by atoms with Gasteiger partial charge < -0.3 is 15.0 Å². The molecule has 7 nitrogen and oxygen atoms in total. The first-order valence-corrected chi connectivity index (χ1v) is 5.08. The van der Waals surface area contributed by atoms with E-state index in [0.717, 1.165) is 0 Å². The summed E-state index contributed by atoms with van der Waals surface area (Å²) in [4.78, 5) is 28.2. The van der Waals surface area contributed by atoms with E-state index in [-0.39, 0.29) is 29.1 Å². The monoisotopic (exact) mass is 276 g/mol. The summed E-state index contributed by atoms with van der Waals surface area (Å²) < 4.78 is 4.34. The quantitative estimate of drug-likeness (QED) is 0.494. The normalized spacial score (nSPS) is 9.47. The molecule has 0 spiro atoms. The molecule has 0 bridgehead atoms. The molecular weight excluding hydrogens is 271 g/mol. The molecule has 0 aromatic carbocycles. The Hall–Kier alpha value is -1.78. The number of nitriles is 1. The van der Waals surface area contributed by atoms with Gasteiger partial charge >= 0.3 is 12.1 Å². The molecule has 0 saturated heterocycles. The van der Waals surface area contributed by atoms with E-state index in [4.69, 9.17) is 28.5 Å². The fourth-order valence-electron chi connectivity index (χ4n) is 0.816. The number of carbonyl (C=O) groups is 2. The Kier molecular flexibility index (Phi) is 4.75. The lowest BCUT2D eigenvalue weighted by Gasteiger charge is -2.01. The largest absolute Gasteiger partial charge is 0.415 e. The van der Waals surface area contributed by atoms with E-state index >= 15 is 0 Å². The van der Waals surface area contributed by atoms with Gasteiger partial charge in [-0.25, -0.2) is 14.6 Å². The first kappa shape index (κ1) is 13.3. The Bertz CT molecular complexity index is 460. The van der Waals surface area contributed by atoms with Crippen LogP contribution in [0.25, 0.3) is 0 Å². The molecular formula is C8H6Cl2N4O3. The molecule has 0 aliphatic rings. The van der Waals surface area contributed by atoms with E-state index in [1.54, 1.807) is 0 Å². The van der Waals surface area contributed by atoms with Crippen LogP contribution in [0, 0.1) is 11.3 Å². The summed E-state index contributed by atoms with van der Waals surface area (Å²) in [6.45, 7) is 0.0856. The van der Waals surface area contributed by atoms with Gasteiger partial charge in [-0.15, -0.1) is 0 Å². The molecule has 0 aliphatic heterocycles. The first-order valence-electron chi connectivity index (χ1n) is 4.32. The van der Waals surface area contributed by atoms with E-state index in [2.05, 4.69) is 20.0 Å². The molecule has 0 saturated carbocycles. The summed E-state index contributed by atoms with van der Waals surface area (Å²) in [5.41, 5.74) is 0. The molecule has 1 amide bonds. The molecule has 1 aromatic heterocycles. The summed E-state index contributed by atoms with van der Waals surface area (Å²) >= 11 is 11.0. The van der Waals surface area contributed by atoms with E-state index in [1.807, 2.05) is 6.07 Å². The van der Waals surface area contributed by atoms with Crippen molar-refractivity contribution in [1.29, 1.82) is 5.26 Å². The van der Waals surface area contributed by atoms with Crippen molar-refractivity contribution in [1.82, 2.24) is 15.3 Å². The lowest BCUT2D eigenvalue weighted by molar-refractivity contribution is 0.0611. The first-order chi connectivity index (χ1) is 8.04. The van der Waals surface area contributed by atoms with Crippen LogP contribution in [0.15, 0.2) is 0 Å². The highest BCUT2D eigenvalue weighted by Gasteiger charge is 2.18. The highest BCUT2D eigenvalue weighted by atomic mass is 35.5. The third-order valence-corrected chi connectivity index (χ3v) is 2.15.